The van der Waals surface area contributed by atoms with E-state index in [1.807, 2.05) is 43.3 Å². The second-order valence-electron chi connectivity index (χ2n) is 5.88. The molecule has 0 aliphatic carbocycles. The number of carbonyl (C=O) groups excluding carboxylic acids is 1. The van der Waals surface area contributed by atoms with Crippen LogP contribution in [0.1, 0.15) is 22.8 Å². The summed E-state index contributed by atoms with van der Waals surface area (Å²) in [7, 11) is 0. The molecule has 1 aromatic heterocycles. The molecule has 0 atom stereocenters. The maximum absolute atomic E-state index is 12.7. The lowest BCUT2D eigenvalue weighted by atomic mass is 10.2. The first-order valence-electron chi connectivity index (χ1n) is 8.99. The molecule has 0 spiro atoms. The van der Waals surface area contributed by atoms with Crippen LogP contribution in [0.4, 0.5) is 5.82 Å². The number of nitrogen functional groups attached to an aromatic ring is 1. The van der Waals surface area contributed by atoms with E-state index in [1.54, 1.807) is 18.2 Å². The highest BCUT2D eigenvalue weighted by atomic mass is 16.5. The first kappa shape index (κ1) is 19.8. The van der Waals surface area contributed by atoms with E-state index in [2.05, 4.69) is 5.10 Å². The van der Waals surface area contributed by atoms with Crippen molar-refractivity contribution in [2.45, 2.75) is 6.92 Å². The summed E-state index contributed by atoms with van der Waals surface area (Å²) < 4.78 is 17.9. The van der Waals surface area contributed by atoms with Crippen LogP contribution in [0.3, 0.4) is 0 Å². The van der Waals surface area contributed by atoms with E-state index >= 15 is 0 Å². The minimum Gasteiger partial charge on any atom is -0.490 e. The molecule has 8 nitrogen and oxygen atoms in total. The molecule has 0 radical (unpaired) electrons. The summed E-state index contributed by atoms with van der Waals surface area (Å²) in [4.78, 5) is 12.7. The maximum Gasteiger partial charge on any atom is 0.280 e. The number of hydrogen-bond acceptors (Lipinski definition) is 7. The Morgan fingerprint density at radius 3 is 2.55 bits per heavy atom. The van der Waals surface area contributed by atoms with Crippen LogP contribution < -0.4 is 19.9 Å². The molecule has 0 saturated heterocycles. The average Bonchev–Trinajstić information content (AvgIpc) is 3.12. The monoisotopic (exact) mass is 392 g/mol. The van der Waals surface area contributed by atoms with E-state index in [9.17, 15) is 4.79 Å². The van der Waals surface area contributed by atoms with Crippen molar-refractivity contribution in [2.24, 2.45) is 0 Å². The minimum absolute atomic E-state index is 0.00570. The average molecular weight is 392 g/mol. The van der Waals surface area contributed by atoms with Gasteiger partial charge >= 0.3 is 0 Å². The Balaban J connectivity index is 1.70. The van der Waals surface area contributed by atoms with Gasteiger partial charge in [0.25, 0.3) is 5.91 Å². The van der Waals surface area contributed by atoms with Crippen molar-refractivity contribution >= 4 is 11.7 Å². The smallest absolute Gasteiger partial charge is 0.280 e. The molecule has 0 unspecified atom stereocenters. The fourth-order valence-electron chi connectivity index (χ4n) is 2.58. The molecule has 3 aromatic rings. The molecule has 0 saturated carbocycles. The van der Waals surface area contributed by atoms with E-state index in [0.717, 1.165) is 10.4 Å². The van der Waals surface area contributed by atoms with E-state index in [0.29, 0.717) is 36.9 Å². The molecule has 0 amide bonds. The summed E-state index contributed by atoms with van der Waals surface area (Å²) in [5.41, 5.74) is 6.24. The lowest BCUT2D eigenvalue weighted by Gasteiger charge is -2.14. The molecule has 8 heteroatoms. The normalized spacial score (nSPS) is 10.2. The van der Waals surface area contributed by atoms with Crippen molar-refractivity contribution in [1.82, 2.24) is 9.78 Å². The fraction of sp³-hybridized carbons (Fsp3) is 0.190. The summed E-state index contributed by atoms with van der Waals surface area (Å²) in [6, 6.07) is 16.1. The van der Waals surface area contributed by atoms with Crippen LogP contribution in [0.25, 0.3) is 0 Å². The molecule has 1 heterocycles. The Bertz CT molecular complexity index is 1020. The molecule has 0 bridgehead atoms. The Morgan fingerprint density at radius 1 is 1.10 bits per heavy atom. The van der Waals surface area contributed by atoms with Gasteiger partial charge in [-0.3, -0.25) is 4.79 Å². The molecule has 29 heavy (non-hydrogen) atoms. The SMILES string of the molecule is CCOc1cc(C(=O)n2ncc(C#N)c2N)ccc1OCCOc1ccccc1. The summed E-state index contributed by atoms with van der Waals surface area (Å²) in [6.07, 6.45) is 1.25. The first-order valence-corrected chi connectivity index (χ1v) is 8.99. The van der Waals surface area contributed by atoms with Gasteiger partial charge in [0, 0.05) is 5.56 Å². The van der Waals surface area contributed by atoms with E-state index in [1.165, 1.54) is 6.20 Å². The van der Waals surface area contributed by atoms with Crippen molar-refractivity contribution in [3.8, 4) is 23.3 Å². The highest BCUT2D eigenvalue weighted by Crippen LogP contribution is 2.29. The van der Waals surface area contributed by atoms with Gasteiger partial charge < -0.3 is 19.9 Å². The van der Waals surface area contributed by atoms with Crippen LogP contribution in [0, 0.1) is 11.3 Å². The molecular formula is C21H20N4O4. The van der Waals surface area contributed by atoms with E-state index < -0.39 is 5.91 Å². The van der Waals surface area contributed by atoms with Crippen LogP contribution in [0.15, 0.2) is 54.7 Å². The van der Waals surface area contributed by atoms with Gasteiger partial charge in [0.05, 0.1) is 12.8 Å². The van der Waals surface area contributed by atoms with Crippen LogP contribution in [0.5, 0.6) is 17.2 Å². The molecule has 0 aliphatic heterocycles. The second kappa shape index (κ2) is 9.28. The largest absolute Gasteiger partial charge is 0.490 e. The Morgan fingerprint density at radius 2 is 1.86 bits per heavy atom. The predicted octanol–water partition coefficient (Wildman–Crippen LogP) is 2.88. The van der Waals surface area contributed by atoms with Gasteiger partial charge in [-0.1, -0.05) is 18.2 Å². The number of rotatable bonds is 8. The number of ether oxygens (including phenoxy) is 3. The zero-order chi connectivity index (χ0) is 20.6. The number of nitriles is 1. The fourth-order valence-corrected chi connectivity index (χ4v) is 2.58. The molecule has 0 fully saturated rings. The number of hydrogen-bond donors (Lipinski definition) is 1. The zero-order valence-corrected chi connectivity index (χ0v) is 15.9. The summed E-state index contributed by atoms with van der Waals surface area (Å²) in [6.45, 7) is 2.90. The number of para-hydroxylation sites is 1. The third-order valence-electron chi connectivity index (χ3n) is 3.96. The van der Waals surface area contributed by atoms with Gasteiger partial charge in [0.2, 0.25) is 0 Å². The van der Waals surface area contributed by atoms with Crippen molar-refractivity contribution in [2.75, 3.05) is 25.6 Å². The lowest BCUT2D eigenvalue weighted by molar-refractivity contribution is 0.0947. The van der Waals surface area contributed by atoms with Crippen molar-refractivity contribution < 1.29 is 19.0 Å². The minimum atomic E-state index is -0.469. The first-order chi connectivity index (χ1) is 14.1. The van der Waals surface area contributed by atoms with Gasteiger partial charge in [0.15, 0.2) is 11.5 Å². The second-order valence-corrected chi connectivity index (χ2v) is 5.88. The number of anilines is 1. The molecule has 2 N–H and O–H groups in total. The van der Waals surface area contributed by atoms with Gasteiger partial charge in [-0.25, -0.2) is 0 Å². The van der Waals surface area contributed by atoms with E-state index in [-0.39, 0.29) is 11.4 Å². The van der Waals surface area contributed by atoms with E-state index in [4.69, 9.17) is 25.2 Å². The van der Waals surface area contributed by atoms with Gasteiger partial charge in [-0.05, 0) is 37.3 Å². The summed E-state index contributed by atoms with van der Waals surface area (Å²) >= 11 is 0. The molecule has 148 valence electrons. The highest BCUT2D eigenvalue weighted by Gasteiger charge is 2.18. The Hall–Kier alpha value is -3.99. The van der Waals surface area contributed by atoms with Gasteiger partial charge in [-0.15, -0.1) is 0 Å². The van der Waals surface area contributed by atoms with Crippen LogP contribution >= 0.6 is 0 Å². The molecule has 0 aliphatic rings. The Labute approximate surface area is 168 Å². The molecule has 2 aromatic carbocycles. The third-order valence-corrected chi connectivity index (χ3v) is 3.96. The predicted molar refractivity (Wildman–Crippen MR) is 106 cm³/mol. The number of aromatic nitrogens is 2. The third kappa shape index (κ3) is 4.65. The number of nitrogens with zero attached hydrogens (tertiary/aromatic N) is 3. The van der Waals surface area contributed by atoms with Gasteiger partial charge in [-0.2, -0.15) is 15.0 Å². The maximum atomic E-state index is 12.7. The number of nitrogens with two attached hydrogens (primary N) is 1. The highest BCUT2D eigenvalue weighted by molar-refractivity contribution is 5.98. The zero-order valence-electron chi connectivity index (χ0n) is 15.9. The Kier molecular flexibility index (Phi) is 6.32. The quantitative estimate of drug-likeness (QED) is 0.587. The molecular weight excluding hydrogens is 372 g/mol. The van der Waals surface area contributed by atoms with Crippen LogP contribution in [0.2, 0.25) is 0 Å². The summed E-state index contributed by atoms with van der Waals surface area (Å²) in [5.74, 6) is 1.20. The topological polar surface area (TPSA) is 112 Å². The lowest BCUT2D eigenvalue weighted by Crippen LogP contribution is -2.16. The number of benzene rings is 2. The standard InChI is InChI=1S/C21H20N4O4/c1-2-27-19-12-15(21(26)25-20(23)16(13-22)14-24-25)8-9-18(19)29-11-10-28-17-6-4-3-5-7-17/h3-9,12,14H,2,10-11,23H2,1H3. The van der Waals surface area contributed by atoms with Crippen molar-refractivity contribution in [1.29, 1.82) is 5.26 Å². The van der Waals surface area contributed by atoms with Crippen molar-refractivity contribution in [3.05, 3.63) is 65.9 Å². The van der Waals surface area contributed by atoms with Crippen molar-refractivity contribution in [3.63, 3.8) is 0 Å². The molecule has 3 rings (SSSR count). The van der Waals surface area contributed by atoms with Crippen LogP contribution in [-0.4, -0.2) is 35.5 Å². The number of carbonyl (C=O) groups is 1. The van der Waals surface area contributed by atoms with Crippen LogP contribution in [-0.2, 0) is 0 Å². The summed E-state index contributed by atoms with van der Waals surface area (Å²) in [5, 5.41) is 12.9. The van der Waals surface area contributed by atoms with Gasteiger partial charge in [0.1, 0.15) is 36.4 Å².